The van der Waals surface area contributed by atoms with Crippen molar-refractivity contribution in [1.82, 2.24) is 15.3 Å². The number of rotatable bonds is 12. The van der Waals surface area contributed by atoms with Gasteiger partial charge in [0, 0.05) is 39.7 Å². The number of hydrogen-bond acceptors (Lipinski definition) is 7. The van der Waals surface area contributed by atoms with Crippen LogP contribution < -0.4 is 20.5 Å². The molecule has 2 heterocycles. The number of hydrogen-bond donors (Lipinski definition) is 3. The molecule has 0 bridgehead atoms. The van der Waals surface area contributed by atoms with E-state index in [-0.39, 0.29) is 40.8 Å². The topological polar surface area (TPSA) is 137 Å². The largest absolute Gasteiger partial charge is 0.491 e. The number of benzene rings is 2. The van der Waals surface area contributed by atoms with Gasteiger partial charge in [0.15, 0.2) is 0 Å². The van der Waals surface area contributed by atoms with Crippen LogP contribution in [-0.2, 0) is 16.8 Å². The third-order valence-electron chi connectivity index (χ3n) is 7.58. The van der Waals surface area contributed by atoms with Crippen LogP contribution in [0, 0.1) is 12.7 Å². The van der Waals surface area contributed by atoms with Gasteiger partial charge in [-0.2, -0.15) is 13.2 Å². The van der Waals surface area contributed by atoms with E-state index < -0.39 is 48.1 Å². The highest BCUT2D eigenvalue weighted by Gasteiger charge is 2.56. The maximum Gasteiger partial charge on any atom is 0.424 e. The van der Waals surface area contributed by atoms with Gasteiger partial charge in [-0.3, -0.25) is 14.6 Å². The summed E-state index contributed by atoms with van der Waals surface area (Å²) in [6.45, 7) is 2.15. The van der Waals surface area contributed by atoms with Crippen LogP contribution in [0.5, 0.6) is 11.5 Å². The van der Waals surface area contributed by atoms with E-state index >= 15 is 0 Å². The first-order valence-corrected chi connectivity index (χ1v) is 14.8. The van der Waals surface area contributed by atoms with Gasteiger partial charge >= 0.3 is 6.18 Å². The van der Waals surface area contributed by atoms with Crippen LogP contribution in [0.4, 0.5) is 17.6 Å². The highest BCUT2D eigenvalue weighted by Crippen LogP contribution is 2.42. The van der Waals surface area contributed by atoms with Crippen LogP contribution in [0.3, 0.4) is 0 Å². The van der Waals surface area contributed by atoms with Crippen molar-refractivity contribution in [2.24, 2.45) is 5.73 Å². The van der Waals surface area contributed by atoms with Crippen LogP contribution in [0.1, 0.15) is 47.1 Å². The van der Waals surface area contributed by atoms with Gasteiger partial charge in [-0.1, -0.05) is 6.07 Å². The summed E-state index contributed by atoms with van der Waals surface area (Å²) in [5.41, 5.74) is 2.78. The van der Waals surface area contributed by atoms with E-state index in [9.17, 15) is 32.3 Å². The van der Waals surface area contributed by atoms with Crippen molar-refractivity contribution in [1.29, 1.82) is 0 Å². The Kier molecular flexibility index (Phi) is 9.48. The molecule has 2 aromatic heterocycles. The average molecular weight is 653 g/mol. The van der Waals surface area contributed by atoms with E-state index in [0.29, 0.717) is 11.3 Å². The van der Waals surface area contributed by atoms with Crippen molar-refractivity contribution in [3.05, 3.63) is 95.2 Å². The molecule has 1 saturated carbocycles. The van der Waals surface area contributed by atoms with Crippen LogP contribution in [0.2, 0.25) is 0 Å². The van der Waals surface area contributed by atoms with Gasteiger partial charge in [-0.15, -0.1) is 0 Å². The molecule has 1 aliphatic carbocycles. The van der Waals surface area contributed by atoms with E-state index in [0.717, 1.165) is 42.3 Å². The predicted molar refractivity (Wildman–Crippen MR) is 164 cm³/mol. The molecular weight excluding hydrogens is 620 g/mol. The number of ether oxygens (including phenoxy) is 2. The predicted octanol–water partition coefficient (Wildman–Crippen LogP) is 5.41. The highest BCUT2D eigenvalue weighted by molar-refractivity contribution is 5.95. The first kappa shape index (κ1) is 33.3. The Morgan fingerprint density at radius 2 is 1.79 bits per heavy atom. The Balaban J connectivity index is 1.52. The van der Waals surface area contributed by atoms with Gasteiger partial charge in [0.2, 0.25) is 11.5 Å². The fourth-order valence-corrected chi connectivity index (χ4v) is 4.99. The number of carbonyl (C=O) groups excluding carboxylic acids is 2. The van der Waals surface area contributed by atoms with Crippen LogP contribution in [-0.4, -0.2) is 52.3 Å². The molecule has 1 atom stereocenters. The minimum absolute atomic E-state index is 0.00320. The molecule has 9 nitrogen and oxygen atoms in total. The molecule has 47 heavy (non-hydrogen) atoms. The smallest absolute Gasteiger partial charge is 0.424 e. The van der Waals surface area contributed by atoms with Gasteiger partial charge in [0.1, 0.15) is 23.0 Å². The number of amides is 2. The van der Waals surface area contributed by atoms with E-state index in [4.69, 9.17) is 15.2 Å². The zero-order valence-corrected chi connectivity index (χ0v) is 25.5. The van der Waals surface area contributed by atoms with Crippen molar-refractivity contribution in [2.45, 2.75) is 51.0 Å². The second-order valence-electron chi connectivity index (χ2n) is 11.1. The molecule has 246 valence electrons. The Morgan fingerprint density at radius 3 is 2.40 bits per heavy atom. The zero-order valence-electron chi connectivity index (χ0n) is 25.5. The molecule has 2 amide bonds. The molecule has 4 aromatic rings. The number of nitrogens with zero attached hydrogens (tertiary/aromatic N) is 2. The van der Waals surface area contributed by atoms with Crippen molar-refractivity contribution in [2.75, 3.05) is 13.2 Å². The third-order valence-corrected chi connectivity index (χ3v) is 7.58. The normalized spacial score (nSPS) is 14.3. The van der Waals surface area contributed by atoms with Gasteiger partial charge in [0.05, 0.1) is 31.4 Å². The van der Waals surface area contributed by atoms with Gasteiger partial charge in [-0.05, 0) is 81.3 Å². The molecule has 5 rings (SSSR count). The van der Waals surface area contributed by atoms with Crippen molar-refractivity contribution < 1.29 is 41.7 Å². The van der Waals surface area contributed by atoms with Crippen molar-refractivity contribution in [3.8, 4) is 33.9 Å². The Hall–Kier alpha value is -5.04. The van der Waals surface area contributed by atoms with Crippen molar-refractivity contribution >= 4 is 11.8 Å². The summed E-state index contributed by atoms with van der Waals surface area (Å²) in [6.07, 6.45) is -2.66. The fraction of sp³-hybridized carbons (Fsp3) is 0.294. The lowest BCUT2D eigenvalue weighted by molar-refractivity contribution is -0.265. The second kappa shape index (κ2) is 13.4. The van der Waals surface area contributed by atoms with Crippen molar-refractivity contribution in [3.63, 3.8) is 0 Å². The summed E-state index contributed by atoms with van der Waals surface area (Å²) in [5, 5.41) is 13.5. The van der Waals surface area contributed by atoms with Gasteiger partial charge in [0.25, 0.3) is 5.91 Å². The monoisotopic (exact) mass is 652 g/mol. The molecule has 0 unspecified atom stereocenters. The number of aliphatic hydroxyl groups is 1. The summed E-state index contributed by atoms with van der Waals surface area (Å²) in [4.78, 5) is 33.6. The van der Waals surface area contributed by atoms with Crippen LogP contribution in [0.15, 0.2) is 66.9 Å². The third kappa shape index (κ3) is 7.35. The molecule has 0 radical (unpaired) electrons. The molecule has 0 saturated heterocycles. The Bertz CT molecular complexity index is 1790. The number of alkyl halides is 3. The molecule has 0 aliphatic heterocycles. The van der Waals surface area contributed by atoms with E-state index in [1.54, 1.807) is 25.3 Å². The lowest BCUT2D eigenvalue weighted by atomic mass is 9.93. The molecule has 1 aliphatic rings. The highest BCUT2D eigenvalue weighted by atomic mass is 19.4. The first-order chi connectivity index (χ1) is 22.3. The van der Waals surface area contributed by atoms with Crippen LogP contribution >= 0.6 is 0 Å². The molecule has 1 fully saturated rings. The minimum Gasteiger partial charge on any atom is -0.491 e. The Labute approximate surface area is 267 Å². The molecular formula is C34H32F4N4O5. The van der Waals surface area contributed by atoms with Gasteiger partial charge < -0.3 is 25.6 Å². The number of halogens is 4. The summed E-state index contributed by atoms with van der Waals surface area (Å²) in [7, 11) is 0. The molecule has 0 spiro atoms. The lowest BCUT2D eigenvalue weighted by Gasteiger charge is -2.31. The number of primary amides is 1. The maximum absolute atomic E-state index is 14.7. The number of carbonyl (C=O) groups is 2. The maximum atomic E-state index is 14.7. The summed E-state index contributed by atoms with van der Waals surface area (Å²) in [5.74, 6) is -2.09. The SMILES string of the molecule is CCOc1c(CC(N)=O)cc([C@@](O)(CNC(=O)c2ccc(-c3cccnc3C)c(OC3CC3)c2)C(F)(F)F)nc1-c1ccc(F)cc1. The Morgan fingerprint density at radius 1 is 1.06 bits per heavy atom. The van der Waals surface area contributed by atoms with Gasteiger partial charge in [-0.25, -0.2) is 9.37 Å². The average Bonchev–Trinajstić information content (AvgIpc) is 3.84. The molecule has 2 aromatic carbocycles. The summed E-state index contributed by atoms with van der Waals surface area (Å²) >= 11 is 0. The molecule has 4 N–H and O–H groups in total. The number of aromatic nitrogens is 2. The van der Waals surface area contributed by atoms with E-state index in [2.05, 4.69) is 15.3 Å². The first-order valence-electron chi connectivity index (χ1n) is 14.8. The summed E-state index contributed by atoms with van der Waals surface area (Å²) < 4.78 is 69.6. The number of nitrogens with one attached hydrogen (secondary N) is 1. The number of pyridine rings is 2. The van der Waals surface area contributed by atoms with E-state index in [1.165, 1.54) is 24.3 Å². The quantitative estimate of drug-likeness (QED) is 0.174. The summed E-state index contributed by atoms with van der Waals surface area (Å²) in [6, 6.07) is 13.7. The lowest BCUT2D eigenvalue weighted by Crippen LogP contribution is -2.51. The zero-order chi connectivity index (χ0) is 33.9. The second-order valence-corrected chi connectivity index (χ2v) is 11.1. The minimum atomic E-state index is -5.35. The number of nitrogens with two attached hydrogens (primary N) is 1. The standard InChI is InChI=1S/C34H32F4N4O5/c1-3-46-31-22(17-29(39)43)16-28(42-30(31)20-6-9-23(35)10-7-20)33(45,34(36,37)38)18-41-32(44)21-8-13-26(25-5-4-14-40-19(25)2)27(15-21)47-24-11-12-24/h4-10,13-16,24,45H,3,11-12,17-18H2,1-2H3,(H2,39,43)(H,41,44)/t33-/m0/s1. The molecule has 13 heteroatoms. The fourth-order valence-electron chi connectivity index (χ4n) is 4.99. The van der Waals surface area contributed by atoms with Crippen LogP contribution in [0.25, 0.3) is 22.4 Å². The number of aryl methyl sites for hydroxylation is 1. The van der Waals surface area contributed by atoms with E-state index in [1.807, 2.05) is 13.0 Å².